The zero-order valence-electron chi connectivity index (χ0n) is 9.97. The van der Waals surface area contributed by atoms with Crippen molar-refractivity contribution in [2.45, 2.75) is 31.8 Å². The first-order chi connectivity index (χ1) is 8.08. The second-order valence-electron chi connectivity index (χ2n) is 4.59. The number of piperidine rings is 1. The zero-order valence-corrected chi connectivity index (χ0v) is 9.97. The maximum atomic E-state index is 11.1. The molecule has 0 bridgehead atoms. The Labute approximate surface area is 101 Å². The highest BCUT2D eigenvalue weighted by Crippen LogP contribution is 2.24. The van der Waals surface area contributed by atoms with Crippen LogP contribution in [0.15, 0.2) is 18.3 Å². The molecular weight excluding hydrogens is 216 g/mol. The minimum Gasteiger partial charge on any atom is -0.369 e. The number of carbonyl (C=O) groups is 1. The highest BCUT2D eigenvalue weighted by molar-refractivity contribution is 5.91. The van der Waals surface area contributed by atoms with Gasteiger partial charge < -0.3 is 16.4 Å². The van der Waals surface area contributed by atoms with Gasteiger partial charge in [0.25, 0.3) is 5.91 Å². The number of anilines is 1. The molecule has 0 radical (unpaired) electrons. The van der Waals surface area contributed by atoms with Crippen molar-refractivity contribution in [3.63, 3.8) is 0 Å². The van der Waals surface area contributed by atoms with Crippen molar-refractivity contribution in [1.29, 1.82) is 0 Å². The highest BCUT2D eigenvalue weighted by Gasteiger charge is 2.23. The summed E-state index contributed by atoms with van der Waals surface area (Å²) >= 11 is 0. The molecule has 5 heteroatoms. The number of nitrogens with zero attached hydrogens (tertiary/aromatic N) is 2. The van der Waals surface area contributed by atoms with E-state index in [9.17, 15) is 4.79 Å². The van der Waals surface area contributed by atoms with Gasteiger partial charge in [0.15, 0.2) is 0 Å². The number of carbonyl (C=O) groups excluding carboxylic acids is 1. The lowest BCUT2D eigenvalue weighted by Crippen LogP contribution is -2.45. The van der Waals surface area contributed by atoms with Crippen LogP contribution in [0.3, 0.4) is 0 Å². The fourth-order valence-electron chi connectivity index (χ4n) is 2.32. The molecule has 4 N–H and O–H groups in total. The van der Waals surface area contributed by atoms with Gasteiger partial charge in [-0.05, 0) is 31.9 Å². The van der Waals surface area contributed by atoms with Crippen molar-refractivity contribution in [2.75, 3.05) is 11.4 Å². The van der Waals surface area contributed by atoms with Crippen LogP contribution in [0.2, 0.25) is 0 Å². The molecule has 5 nitrogen and oxygen atoms in total. The van der Waals surface area contributed by atoms with Crippen LogP contribution in [0.25, 0.3) is 0 Å². The van der Waals surface area contributed by atoms with E-state index in [4.69, 9.17) is 11.5 Å². The molecular formula is C12H18N4O. The van der Waals surface area contributed by atoms with Crippen LogP contribution in [0.4, 0.5) is 5.69 Å². The van der Waals surface area contributed by atoms with Gasteiger partial charge in [0, 0.05) is 30.5 Å². The van der Waals surface area contributed by atoms with E-state index in [1.807, 2.05) is 6.07 Å². The van der Waals surface area contributed by atoms with Gasteiger partial charge in [-0.2, -0.15) is 0 Å². The molecule has 1 aliphatic heterocycles. The number of rotatable bonds is 2. The van der Waals surface area contributed by atoms with E-state index in [1.54, 1.807) is 12.3 Å². The number of nitrogens with two attached hydrogens (primary N) is 2. The lowest BCUT2D eigenvalue weighted by Gasteiger charge is -2.38. The van der Waals surface area contributed by atoms with Gasteiger partial charge >= 0.3 is 0 Å². The first-order valence-corrected chi connectivity index (χ1v) is 5.86. The fraction of sp³-hybridized carbons (Fsp3) is 0.500. The summed E-state index contributed by atoms with van der Waals surface area (Å²) in [5.74, 6) is -0.492. The highest BCUT2D eigenvalue weighted by atomic mass is 16.1. The summed E-state index contributed by atoms with van der Waals surface area (Å²) in [6.07, 6.45) is 3.56. The molecule has 1 aromatic heterocycles. The van der Waals surface area contributed by atoms with Gasteiger partial charge in [-0.3, -0.25) is 9.78 Å². The van der Waals surface area contributed by atoms with Crippen LogP contribution < -0.4 is 16.4 Å². The van der Waals surface area contributed by atoms with Gasteiger partial charge in [0.05, 0.1) is 0 Å². The van der Waals surface area contributed by atoms with Crippen molar-refractivity contribution in [1.82, 2.24) is 4.98 Å². The standard InChI is InChI=1S/C12H18N4O/c1-8-6-9(13)3-5-16(8)10-2-4-15-11(7-10)12(14)17/h2,4,7-9H,3,5-6,13H2,1H3,(H2,14,17). The third-order valence-corrected chi connectivity index (χ3v) is 3.24. The zero-order chi connectivity index (χ0) is 12.4. The number of hydrogen-bond donors (Lipinski definition) is 2. The van der Waals surface area contributed by atoms with E-state index in [0.29, 0.717) is 11.7 Å². The Hall–Kier alpha value is -1.62. The molecule has 1 amide bonds. The van der Waals surface area contributed by atoms with E-state index >= 15 is 0 Å². The van der Waals surface area contributed by atoms with Gasteiger partial charge in [-0.25, -0.2) is 0 Å². The van der Waals surface area contributed by atoms with Gasteiger partial charge in [0.1, 0.15) is 5.69 Å². The van der Waals surface area contributed by atoms with Crippen molar-refractivity contribution in [3.8, 4) is 0 Å². The fourth-order valence-corrected chi connectivity index (χ4v) is 2.32. The Morgan fingerprint density at radius 1 is 1.59 bits per heavy atom. The van der Waals surface area contributed by atoms with Gasteiger partial charge in [-0.15, -0.1) is 0 Å². The first-order valence-electron chi connectivity index (χ1n) is 5.86. The van der Waals surface area contributed by atoms with Gasteiger partial charge in [-0.1, -0.05) is 0 Å². The van der Waals surface area contributed by atoms with Crippen LogP contribution in [-0.2, 0) is 0 Å². The number of aromatic nitrogens is 1. The van der Waals surface area contributed by atoms with Crippen LogP contribution in [0.1, 0.15) is 30.3 Å². The van der Waals surface area contributed by atoms with E-state index in [2.05, 4.69) is 16.8 Å². The Balaban J connectivity index is 2.22. The number of primary amides is 1. The second kappa shape index (κ2) is 4.71. The lowest BCUT2D eigenvalue weighted by molar-refractivity contribution is 0.0995. The summed E-state index contributed by atoms with van der Waals surface area (Å²) < 4.78 is 0. The van der Waals surface area contributed by atoms with Crippen molar-refractivity contribution in [2.24, 2.45) is 11.5 Å². The summed E-state index contributed by atoms with van der Waals surface area (Å²) in [6.45, 7) is 3.05. The predicted octanol–water partition coefficient (Wildman–Crippen LogP) is 0.496. The molecule has 1 aliphatic rings. The average molecular weight is 234 g/mol. The quantitative estimate of drug-likeness (QED) is 0.780. The maximum absolute atomic E-state index is 11.1. The molecule has 17 heavy (non-hydrogen) atoms. The number of pyridine rings is 1. The number of hydrogen-bond acceptors (Lipinski definition) is 4. The Morgan fingerprint density at radius 3 is 3.00 bits per heavy atom. The van der Waals surface area contributed by atoms with Crippen molar-refractivity contribution >= 4 is 11.6 Å². The Bertz CT molecular complexity index is 421. The molecule has 2 heterocycles. The van der Waals surface area contributed by atoms with Crippen LogP contribution in [-0.4, -0.2) is 29.5 Å². The second-order valence-corrected chi connectivity index (χ2v) is 4.59. The van der Waals surface area contributed by atoms with E-state index in [1.165, 1.54) is 0 Å². The summed E-state index contributed by atoms with van der Waals surface area (Å²) in [4.78, 5) is 17.3. The molecule has 0 saturated carbocycles. The molecule has 0 aromatic carbocycles. The summed E-state index contributed by atoms with van der Waals surface area (Å²) in [6, 6.07) is 4.30. The minimum atomic E-state index is -0.492. The van der Waals surface area contributed by atoms with Crippen molar-refractivity contribution in [3.05, 3.63) is 24.0 Å². The molecule has 1 saturated heterocycles. The number of amides is 1. The normalized spacial score (nSPS) is 24.7. The maximum Gasteiger partial charge on any atom is 0.267 e. The molecule has 1 fully saturated rings. The van der Waals surface area contributed by atoms with Crippen LogP contribution in [0, 0.1) is 0 Å². The molecule has 2 rings (SSSR count). The first kappa shape index (κ1) is 11.9. The lowest BCUT2D eigenvalue weighted by atomic mass is 9.98. The topological polar surface area (TPSA) is 85.2 Å². The van der Waals surface area contributed by atoms with Crippen LogP contribution in [0.5, 0.6) is 0 Å². The van der Waals surface area contributed by atoms with E-state index in [-0.39, 0.29) is 6.04 Å². The summed E-state index contributed by atoms with van der Waals surface area (Å²) in [7, 11) is 0. The predicted molar refractivity (Wildman–Crippen MR) is 66.8 cm³/mol. The smallest absolute Gasteiger partial charge is 0.267 e. The van der Waals surface area contributed by atoms with Crippen LogP contribution >= 0.6 is 0 Å². The Morgan fingerprint density at radius 2 is 2.35 bits per heavy atom. The molecule has 2 unspecified atom stereocenters. The SMILES string of the molecule is CC1CC(N)CCN1c1ccnc(C(N)=O)c1. The summed E-state index contributed by atoms with van der Waals surface area (Å²) in [5, 5.41) is 0. The molecule has 0 aliphatic carbocycles. The third kappa shape index (κ3) is 2.55. The summed E-state index contributed by atoms with van der Waals surface area (Å²) in [5.41, 5.74) is 12.5. The molecule has 2 atom stereocenters. The minimum absolute atomic E-state index is 0.277. The van der Waals surface area contributed by atoms with Crippen molar-refractivity contribution < 1.29 is 4.79 Å². The molecule has 92 valence electrons. The monoisotopic (exact) mass is 234 g/mol. The van der Waals surface area contributed by atoms with E-state index < -0.39 is 5.91 Å². The average Bonchev–Trinajstić information content (AvgIpc) is 2.29. The molecule has 0 spiro atoms. The molecule has 1 aromatic rings. The largest absolute Gasteiger partial charge is 0.369 e. The third-order valence-electron chi connectivity index (χ3n) is 3.24. The Kier molecular flexibility index (Phi) is 3.28. The van der Waals surface area contributed by atoms with E-state index in [0.717, 1.165) is 25.1 Å². The van der Waals surface area contributed by atoms with Gasteiger partial charge in [0.2, 0.25) is 0 Å².